The number of nitrogens with one attached hydrogen (secondary N) is 2. The van der Waals surface area contributed by atoms with Gasteiger partial charge >= 0.3 is 0 Å². The fourth-order valence-corrected chi connectivity index (χ4v) is 1.33. The summed E-state index contributed by atoms with van der Waals surface area (Å²) in [5.74, 6) is 4.07. The normalized spacial score (nSPS) is 12.6. The number of aliphatic imine (C=N–C) groups is 1. The Hall–Kier alpha value is -0.440. The van der Waals surface area contributed by atoms with Crippen molar-refractivity contribution >= 4 is 29.9 Å². The van der Waals surface area contributed by atoms with Crippen molar-refractivity contribution in [1.82, 2.24) is 10.6 Å². The Morgan fingerprint density at radius 3 is 2.41 bits per heavy atom. The number of guanidine groups is 1. The molecule has 0 bridgehead atoms. The molecule has 2 N–H and O–H groups in total. The number of rotatable bonds is 6. The minimum absolute atomic E-state index is 0. The van der Waals surface area contributed by atoms with Crippen molar-refractivity contribution in [2.24, 2.45) is 10.9 Å². The van der Waals surface area contributed by atoms with Crippen LogP contribution in [-0.2, 0) is 0 Å². The van der Waals surface area contributed by atoms with Crippen LogP contribution in [0.3, 0.4) is 0 Å². The Labute approximate surface area is 123 Å². The highest BCUT2D eigenvalue weighted by Gasteiger charge is 2.05. The zero-order valence-corrected chi connectivity index (χ0v) is 13.7. The molecule has 0 aliphatic heterocycles. The van der Waals surface area contributed by atoms with Gasteiger partial charge in [0.2, 0.25) is 0 Å². The number of nitrogens with zero attached hydrogens (tertiary/aromatic N) is 1. The number of hydrogen-bond donors (Lipinski definition) is 2. The van der Waals surface area contributed by atoms with Gasteiger partial charge in [-0.05, 0) is 32.6 Å². The largest absolute Gasteiger partial charge is 0.357 e. The molecule has 0 spiro atoms. The van der Waals surface area contributed by atoms with Crippen molar-refractivity contribution in [2.75, 3.05) is 13.1 Å². The molecule has 17 heavy (non-hydrogen) atoms. The smallest absolute Gasteiger partial charge is 0.192 e. The van der Waals surface area contributed by atoms with Gasteiger partial charge in [-0.1, -0.05) is 19.8 Å². The maximum atomic E-state index is 5.19. The lowest BCUT2D eigenvalue weighted by Gasteiger charge is -2.18. The molecule has 0 saturated heterocycles. The van der Waals surface area contributed by atoms with Crippen molar-refractivity contribution in [2.45, 2.75) is 46.6 Å². The monoisotopic (exact) mass is 351 g/mol. The van der Waals surface area contributed by atoms with Crippen molar-refractivity contribution in [1.29, 1.82) is 0 Å². The van der Waals surface area contributed by atoms with Crippen molar-refractivity contribution < 1.29 is 0 Å². The quantitative estimate of drug-likeness (QED) is 0.334. The second-order valence-corrected chi connectivity index (χ2v) is 4.42. The third-order valence-electron chi connectivity index (χ3n) is 2.23. The van der Waals surface area contributed by atoms with E-state index in [2.05, 4.69) is 42.3 Å². The maximum absolute atomic E-state index is 5.19. The molecule has 0 aromatic heterocycles. The van der Waals surface area contributed by atoms with Gasteiger partial charge in [-0.2, -0.15) is 0 Å². The molecular formula is C13H26IN3. The summed E-state index contributed by atoms with van der Waals surface area (Å²) in [7, 11) is 0. The zero-order chi connectivity index (χ0) is 12.4. The van der Waals surface area contributed by atoms with E-state index in [1.165, 1.54) is 6.42 Å². The molecule has 0 aromatic rings. The molecule has 0 rings (SSSR count). The number of halogens is 1. The summed E-state index contributed by atoms with van der Waals surface area (Å²) in [4.78, 5) is 4.26. The molecule has 1 unspecified atom stereocenters. The topological polar surface area (TPSA) is 36.4 Å². The first-order chi connectivity index (χ1) is 7.60. The summed E-state index contributed by atoms with van der Waals surface area (Å²) >= 11 is 0. The van der Waals surface area contributed by atoms with Crippen LogP contribution in [0.4, 0.5) is 0 Å². The molecule has 100 valence electrons. The van der Waals surface area contributed by atoms with Gasteiger partial charge < -0.3 is 10.6 Å². The molecule has 0 heterocycles. The van der Waals surface area contributed by atoms with Crippen LogP contribution in [0.2, 0.25) is 0 Å². The molecule has 0 aliphatic rings. The summed E-state index contributed by atoms with van der Waals surface area (Å²) in [6, 6.07) is 0.429. The Kier molecular flexibility index (Phi) is 13.4. The lowest BCUT2D eigenvalue weighted by atomic mass is 10.0. The molecular weight excluding hydrogens is 325 g/mol. The first-order valence-electron chi connectivity index (χ1n) is 6.08. The summed E-state index contributed by atoms with van der Waals surface area (Å²) in [5, 5.41) is 6.53. The molecule has 0 amide bonds. The van der Waals surface area contributed by atoms with Crippen LogP contribution in [-0.4, -0.2) is 25.1 Å². The first kappa shape index (κ1) is 18.9. The van der Waals surface area contributed by atoms with Crippen LogP contribution in [0.5, 0.6) is 0 Å². The second-order valence-electron chi connectivity index (χ2n) is 4.42. The summed E-state index contributed by atoms with van der Waals surface area (Å²) in [6.45, 7) is 9.98. The van der Waals surface area contributed by atoms with Gasteiger partial charge in [0.25, 0.3) is 0 Å². The Bertz CT molecular complexity index is 244. The van der Waals surface area contributed by atoms with Crippen LogP contribution in [0, 0.1) is 18.3 Å². The molecule has 0 fully saturated rings. The van der Waals surface area contributed by atoms with Crippen LogP contribution in [0.1, 0.15) is 40.5 Å². The predicted molar refractivity (Wildman–Crippen MR) is 86.9 cm³/mol. The molecule has 3 nitrogen and oxygen atoms in total. The lowest BCUT2D eigenvalue weighted by Crippen LogP contribution is -2.42. The molecule has 0 saturated carbocycles. The standard InChI is InChI=1S/C13H25N3.HI/c1-6-10-15-13(14-7-2)16-12(5)9-8-11(3)4;/h1,11-12H,7-10H2,2-5H3,(H2,14,15,16);1H. The second kappa shape index (κ2) is 12.0. The highest BCUT2D eigenvalue weighted by molar-refractivity contribution is 14.0. The Morgan fingerprint density at radius 1 is 1.29 bits per heavy atom. The van der Waals surface area contributed by atoms with E-state index < -0.39 is 0 Å². The third-order valence-corrected chi connectivity index (χ3v) is 2.23. The SMILES string of the molecule is C#CCN=C(NCC)NC(C)CCC(C)C.I. The van der Waals surface area contributed by atoms with Gasteiger partial charge in [0.15, 0.2) is 5.96 Å². The van der Waals surface area contributed by atoms with Gasteiger partial charge in [0, 0.05) is 12.6 Å². The van der Waals surface area contributed by atoms with E-state index in [0.717, 1.165) is 24.8 Å². The van der Waals surface area contributed by atoms with E-state index >= 15 is 0 Å². The zero-order valence-electron chi connectivity index (χ0n) is 11.4. The van der Waals surface area contributed by atoms with Crippen molar-refractivity contribution in [3.05, 3.63) is 0 Å². The number of hydrogen-bond acceptors (Lipinski definition) is 1. The van der Waals surface area contributed by atoms with E-state index in [1.54, 1.807) is 0 Å². The van der Waals surface area contributed by atoms with E-state index in [9.17, 15) is 0 Å². The minimum Gasteiger partial charge on any atom is -0.357 e. The lowest BCUT2D eigenvalue weighted by molar-refractivity contribution is 0.489. The van der Waals surface area contributed by atoms with Gasteiger partial charge in [0.1, 0.15) is 6.54 Å². The maximum Gasteiger partial charge on any atom is 0.192 e. The van der Waals surface area contributed by atoms with Gasteiger partial charge in [-0.25, -0.2) is 4.99 Å². The predicted octanol–water partition coefficient (Wildman–Crippen LogP) is 2.62. The van der Waals surface area contributed by atoms with Gasteiger partial charge in [-0.15, -0.1) is 30.4 Å². The average molecular weight is 351 g/mol. The van der Waals surface area contributed by atoms with E-state index in [1.807, 2.05) is 6.92 Å². The number of terminal acetylenes is 1. The Balaban J connectivity index is 0. The molecule has 0 aliphatic carbocycles. The third kappa shape index (κ3) is 11.8. The van der Waals surface area contributed by atoms with Gasteiger partial charge in [-0.3, -0.25) is 0 Å². The van der Waals surface area contributed by atoms with Crippen LogP contribution in [0.25, 0.3) is 0 Å². The minimum atomic E-state index is 0. The average Bonchev–Trinajstić information content (AvgIpc) is 2.23. The first-order valence-corrected chi connectivity index (χ1v) is 6.08. The van der Waals surface area contributed by atoms with Crippen molar-refractivity contribution in [3.63, 3.8) is 0 Å². The van der Waals surface area contributed by atoms with Crippen LogP contribution in [0.15, 0.2) is 4.99 Å². The summed E-state index contributed by atoms with van der Waals surface area (Å²) in [5.41, 5.74) is 0. The van der Waals surface area contributed by atoms with E-state index in [-0.39, 0.29) is 24.0 Å². The van der Waals surface area contributed by atoms with E-state index in [0.29, 0.717) is 12.6 Å². The highest BCUT2D eigenvalue weighted by Crippen LogP contribution is 2.06. The molecule has 0 radical (unpaired) electrons. The highest BCUT2D eigenvalue weighted by atomic mass is 127. The summed E-state index contributed by atoms with van der Waals surface area (Å²) < 4.78 is 0. The molecule has 1 atom stereocenters. The fourth-order valence-electron chi connectivity index (χ4n) is 1.33. The summed E-state index contributed by atoms with van der Waals surface area (Å²) in [6.07, 6.45) is 7.57. The van der Waals surface area contributed by atoms with Crippen LogP contribution < -0.4 is 10.6 Å². The van der Waals surface area contributed by atoms with Crippen molar-refractivity contribution in [3.8, 4) is 12.3 Å². The van der Waals surface area contributed by atoms with Crippen LogP contribution >= 0.6 is 24.0 Å². The van der Waals surface area contributed by atoms with Gasteiger partial charge in [0.05, 0.1) is 0 Å². The molecule has 0 aromatic carbocycles. The Morgan fingerprint density at radius 2 is 1.94 bits per heavy atom. The van der Waals surface area contributed by atoms with E-state index in [4.69, 9.17) is 6.42 Å². The molecule has 4 heteroatoms. The fraction of sp³-hybridized carbons (Fsp3) is 0.769.